The molecule has 0 bridgehead atoms. The number of hydrogen-bond acceptors (Lipinski definition) is 7. The van der Waals surface area contributed by atoms with E-state index in [4.69, 9.17) is 0 Å². The average Bonchev–Trinajstić information content (AvgIpc) is 2.84. The Hall–Kier alpha value is -4.17. The minimum Gasteiger partial charge on any atom is -0.469 e. The fraction of sp³-hybridized carbons (Fsp3) is 0.348. The van der Waals surface area contributed by atoms with E-state index < -0.39 is 76.6 Å². The third kappa shape index (κ3) is 7.91. The predicted molar refractivity (Wildman–Crippen MR) is 117 cm³/mol. The molecule has 206 valence electrons. The van der Waals surface area contributed by atoms with E-state index in [9.17, 15) is 50.8 Å². The van der Waals surface area contributed by atoms with Gasteiger partial charge in [-0.3, -0.25) is 19.7 Å². The molecular formula is C23H20F6N2O7. The van der Waals surface area contributed by atoms with Gasteiger partial charge in [0.25, 0.3) is 5.69 Å². The van der Waals surface area contributed by atoms with Crippen LogP contribution in [-0.4, -0.2) is 43.0 Å². The molecule has 2 atom stereocenters. The van der Waals surface area contributed by atoms with Gasteiger partial charge < -0.3 is 14.8 Å². The summed E-state index contributed by atoms with van der Waals surface area (Å²) in [5, 5.41) is 13.1. The van der Waals surface area contributed by atoms with Gasteiger partial charge in [-0.25, -0.2) is 4.79 Å². The van der Waals surface area contributed by atoms with Crippen molar-refractivity contribution in [3.05, 3.63) is 74.8 Å². The van der Waals surface area contributed by atoms with Crippen LogP contribution in [0.25, 0.3) is 0 Å². The van der Waals surface area contributed by atoms with Gasteiger partial charge in [0.2, 0.25) is 5.91 Å². The zero-order chi connectivity index (χ0) is 28.8. The van der Waals surface area contributed by atoms with Crippen LogP contribution in [0.1, 0.15) is 34.6 Å². The van der Waals surface area contributed by atoms with Crippen LogP contribution >= 0.6 is 0 Å². The van der Waals surface area contributed by atoms with Crippen molar-refractivity contribution in [1.29, 1.82) is 0 Å². The summed E-state index contributed by atoms with van der Waals surface area (Å²) in [6, 6.07) is 3.51. The van der Waals surface area contributed by atoms with Crippen molar-refractivity contribution in [2.45, 2.75) is 37.2 Å². The number of methoxy groups -OCH3 is 2. The molecule has 38 heavy (non-hydrogen) atoms. The van der Waals surface area contributed by atoms with E-state index in [0.29, 0.717) is 12.1 Å². The van der Waals surface area contributed by atoms with Crippen LogP contribution in [0.2, 0.25) is 0 Å². The van der Waals surface area contributed by atoms with Crippen LogP contribution in [0, 0.1) is 10.1 Å². The van der Waals surface area contributed by atoms with Crippen molar-refractivity contribution < 1.29 is 55.1 Å². The van der Waals surface area contributed by atoms with Crippen LogP contribution in [0.4, 0.5) is 32.0 Å². The number of benzene rings is 2. The van der Waals surface area contributed by atoms with Crippen molar-refractivity contribution in [3.8, 4) is 0 Å². The number of non-ortho nitro benzene ring substituents is 1. The summed E-state index contributed by atoms with van der Waals surface area (Å²) in [4.78, 5) is 47.5. The third-order valence-corrected chi connectivity index (χ3v) is 5.33. The molecule has 2 aromatic carbocycles. The van der Waals surface area contributed by atoms with Gasteiger partial charge in [0.05, 0.1) is 43.1 Å². The number of carbonyl (C=O) groups excluding carboxylic acids is 3. The SMILES string of the molecule is COC(=O)C[C@H](c1ccc([N+](=O)[O-])cc1)[C@@H](NC(=O)Cc1cc(C(F)(F)F)cc(C(F)(F)F)c1)C(=O)OC. The summed E-state index contributed by atoms with van der Waals surface area (Å²) >= 11 is 0. The van der Waals surface area contributed by atoms with E-state index in [-0.39, 0.29) is 17.3 Å². The number of nitrogens with one attached hydrogen (secondary N) is 1. The maximum absolute atomic E-state index is 13.1. The molecule has 0 aliphatic carbocycles. The molecule has 0 aliphatic rings. The fourth-order valence-corrected chi connectivity index (χ4v) is 3.52. The predicted octanol–water partition coefficient (Wildman–Crippen LogP) is 4.18. The van der Waals surface area contributed by atoms with Gasteiger partial charge >= 0.3 is 24.3 Å². The summed E-state index contributed by atoms with van der Waals surface area (Å²) in [5.74, 6) is -4.36. The van der Waals surface area contributed by atoms with Gasteiger partial charge in [-0.1, -0.05) is 12.1 Å². The van der Waals surface area contributed by atoms with Crippen LogP contribution in [-0.2, 0) is 42.6 Å². The van der Waals surface area contributed by atoms with E-state index in [1.165, 1.54) is 12.1 Å². The Labute approximate surface area is 210 Å². The van der Waals surface area contributed by atoms with Crippen molar-refractivity contribution in [1.82, 2.24) is 5.32 Å². The van der Waals surface area contributed by atoms with Gasteiger partial charge in [0.15, 0.2) is 0 Å². The van der Waals surface area contributed by atoms with Crippen LogP contribution < -0.4 is 5.32 Å². The first-order valence-corrected chi connectivity index (χ1v) is 10.5. The molecule has 9 nitrogen and oxygen atoms in total. The highest BCUT2D eigenvalue weighted by atomic mass is 19.4. The molecule has 2 aromatic rings. The molecule has 0 heterocycles. The quantitative estimate of drug-likeness (QED) is 0.215. The lowest BCUT2D eigenvalue weighted by Gasteiger charge is -2.26. The maximum atomic E-state index is 13.1. The second-order valence-electron chi connectivity index (χ2n) is 7.89. The van der Waals surface area contributed by atoms with Crippen molar-refractivity contribution in [2.75, 3.05) is 14.2 Å². The summed E-state index contributed by atoms with van der Waals surface area (Å²) < 4.78 is 88.1. The van der Waals surface area contributed by atoms with Gasteiger partial charge in [0.1, 0.15) is 6.04 Å². The lowest BCUT2D eigenvalue weighted by Crippen LogP contribution is -2.46. The topological polar surface area (TPSA) is 125 Å². The first-order valence-electron chi connectivity index (χ1n) is 10.5. The van der Waals surface area contributed by atoms with Gasteiger partial charge in [-0.15, -0.1) is 0 Å². The summed E-state index contributed by atoms with van der Waals surface area (Å²) in [7, 11) is 1.97. The molecule has 15 heteroatoms. The molecular weight excluding hydrogens is 530 g/mol. The molecule has 2 rings (SSSR count). The van der Waals surface area contributed by atoms with Crippen LogP contribution in [0.5, 0.6) is 0 Å². The molecule has 1 amide bonds. The van der Waals surface area contributed by atoms with Crippen molar-refractivity contribution in [2.24, 2.45) is 0 Å². The Morgan fingerprint density at radius 2 is 1.45 bits per heavy atom. The molecule has 0 saturated carbocycles. The molecule has 1 N–H and O–H groups in total. The molecule has 0 fully saturated rings. The normalized spacial score (nSPS) is 13.3. The highest BCUT2D eigenvalue weighted by Crippen LogP contribution is 2.36. The number of nitro benzene ring substituents is 1. The second-order valence-corrected chi connectivity index (χ2v) is 7.89. The highest BCUT2D eigenvalue weighted by Gasteiger charge is 2.38. The first-order chi connectivity index (χ1) is 17.6. The number of nitrogens with zero attached hydrogens (tertiary/aromatic N) is 1. The number of rotatable bonds is 9. The van der Waals surface area contributed by atoms with E-state index in [0.717, 1.165) is 26.4 Å². The fourth-order valence-electron chi connectivity index (χ4n) is 3.52. The molecule has 0 radical (unpaired) electrons. The second kappa shape index (κ2) is 11.9. The number of esters is 2. The Morgan fingerprint density at radius 1 is 0.921 bits per heavy atom. The number of hydrogen-bond donors (Lipinski definition) is 1. The summed E-state index contributed by atoms with van der Waals surface area (Å²) in [5.41, 5.74) is -4.08. The maximum Gasteiger partial charge on any atom is 0.416 e. The average molecular weight is 550 g/mol. The minimum atomic E-state index is -5.14. The van der Waals surface area contributed by atoms with E-state index in [1.54, 1.807) is 0 Å². The zero-order valence-corrected chi connectivity index (χ0v) is 19.7. The lowest BCUT2D eigenvalue weighted by atomic mass is 9.88. The van der Waals surface area contributed by atoms with E-state index in [2.05, 4.69) is 14.8 Å². The van der Waals surface area contributed by atoms with E-state index in [1.807, 2.05) is 0 Å². The van der Waals surface area contributed by atoms with Crippen molar-refractivity contribution in [3.63, 3.8) is 0 Å². The zero-order valence-electron chi connectivity index (χ0n) is 19.7. The van der Waals surface area contributed by atoms with Crippen LogP contribution in [0.3, 0.4) is 0 Å². The van der Waals surface area contributed by atoms with Crippen molar-refractivity contribution >= 4 is 23.5 Å². The molecule has 0 aliphatic heterocycles. The first kappa shape index (κ1) is 30.1. The Bertz CT molecular complexity index is 1160. The minimum absolute atomic E-state index is 0.0976. The Kier molecular flexibility index (Phi) is 9.43. The summed E-state index contributed by atoms with van der Waals surface area (Å²) in [6.07, 6.45) is -11.8. The monoisotopic (exact) mass is 550 g/mol. The van der Waals surface area contributed by atoms with Crippen LogP contribution in [0.15, 0.2) is 42.5 Å². The number of amides is 1. The number of alkyl halides is 6. The van der Waals surface area contributed by atoms with E-state index >= 15 is 0 Å². The highest BCUT2D eigenvalue weighted by molar-refractivity contribution is 5.87. The standard InChI is InChI=1S/C23H20F6N2O7/c1-37-19(33)11-17(13-3-5-16(6-4-13)31(35)36)20(21(34)38-2)30-18(32)9-12-7-14(22(24,25)26)10-15(8-12)23(27,28)29/h3-8,10,17,20H,9,11H2,1-2H3,(H,30,32)/t17-,20-/m1/s1. The number of nitro groups is 1. The molecule has 0 saturated heterocycles. The smallest absolute Gasteiger partial charge is 0.416 e. The van der Waals surface area contributed by atoms with Gasteiger partial charge in [-0.2, -0.15) is 26.3 Å². The largest absolute Gasteiger partial charge is 0.469 e. The summed E-state index contributed by atoms with van der Waals surface area (Å²) in [6.45, 7) is 0. The third-order valence-electron chi connectivity index (χ3n) is 5.33. The molecule has 0 aromatic heterocycles. The number of carbonyl (C=O) groups is 3. The van der Waals surface area contributed by atoms with Gasteiger partial charge in [-0.05, 0) is 29.3 Å². The Balaban J connectivity index is 2.44. The van der Waals surface area contributed by atoms with Gasteiger partial charge in [0, 0.05) is 18.1 Å². The Morgan fingerprint density at radius 3 is 1.87 bits per heavy atom. The number of halogens is 6. The molecule has 0 unspecified atom stereocenters. The molecule has 0 spiro atoms. The number of ether oxygens (including phenoxy) is 2. The lowest BCUT2D eigenvalue weighted by molar-refractivity contribution is -0.384.